The van der Waals surface area contributed by atoms with Crippen molar-refractivity contribution in [1.82, 2.24) is 9.55 Å². The van der Waals surface area contributed by atoms with Gasteiger partial charge in [-0.1, -0.05) is 0 Å². The average Bonchev–Trinajstić information content (AvgIpc) is 2.67. The van der Waals surface area contributed by atoms with Gasteiger partial charge >= 0.3 is 0 Å². The molecule has 2 rings (SSSR count). The third kappa shape index (κ3) is 0.701. The molecule has 1 aromatic heterocycles. The Hall–Kier alpha value is -0.990. The van der Waals surface area contributed by atoms with E-state index in [1.807, 2.05) is 11.6 Å². The Kier molecular flexibility index (Phi) is 1.01. The molecule has 3 heteroatoms. The van der Waals surface area contributed by atoms with E-state index in [4.69, 9.17) is 5.73 Å². The summed E-state index contributed by atoms with van der Waals surface area (Å²) >= 11 is 0. The Bertz CT molecular complexity index is 247. The molecule has 3 nitrogen and oxygen atoms in total. The molecule has 1 heterocycles. The Morgan fingerprint density at radius 3 is 2.80 bits per heavy atom. The average molecular weight is 137 g/mol. The first-order valence-corrected chi connectivity index (χ1v) is 3.56. The van der Waals surface area contributed by atoms with Crippen molar-refractivity contribution in [3.63, 3.8) is 0 Å². The van der Waals surface area contributed by atoms with Crippen LogP contribution in [0, 0.1) is 0 Å². The van der Waals surface area contributed by atoms with Crippen LogP contribution < -0.4 is 5.73 Å². The van der Waals surface area contributed by atoms with E-state index in [9.17, 15) is 0 Å². The van der Waals surface area contributed by atoms with Crippen LogP contribution in [0.3, 0.4) is 0 Å². The van der Waals surface area contributed by atoms with Crippen molar-refractivity contribution in [2.75, 3.05) is 5.73 Å². The van der Waals surface area contributed by atoms with E-state index >= 15 is 0 Å². The summed E-state index contributed by atoms with van der Waals surface area (Å²) < 4.78 is 1.97. The lowest BCUT2D eigenvalue weighted by molar-refractivity contribution is 0.807. The summed E-state index contributed by atoms with van der Waals surface area (Å²) in [6, 6.07) is 0. The molecule has 0 amide bonds. The molecule has 1 aromatic rings. The molecule has 0 unspecified atom stereocenters. The second kappa shape index (κ2) is 1.75. The molecular formula is C7H11N3. The molecule has 0 atom stereocenters. The maximum atomic E-state index is 5.61. The van der Waals surface area contributed by atoms with Gasteiger partial charge in [0.15, 0.2) is 0 Å². The lowest BCUT2D eigenvalue weighted by atomic mass is 10.4. The SMILES string of the molecule is Cn1c(N)cnc1C1CC1. The van der Waals surface area contributed by atoms with Gasteiger partial charge in [0.1, 0.15) is 11.6 Å². The fourth-order valence-electron chi connectivity index (χ4n) is 1.16. The summed E-state index contributed by atoms with van der Waals surface area (Å²) in [6.45, 7) is 0. The summed E-state index contributed by atoms with van der Waals surface area (Å²) in [5, 5.41) is 0. The van der Waals surface area contributed by atoms with Gasteiger partial charge < -0.3 is 10.3 Å². The Morgan fingerprint density at radius 1 is 1.70 bits per heavy atom. The lowest BCUT2D eigenvalue weighted by Crippen LogP contribution is -1.99. The number of nitrogen functional groups attached to an aromatic ring is 1. The summed E-state index contributed by atoms with van der Waals surface area (Å²) in [5.41, 5.74) is 5.61. The minimum Gasteiger partial charge on any atom is -0.384 e. The second-order valence-corrected chi connectivity index (χ2v) is 2.87. The number of hydrogen-bond donors (Lipinski definition) is 1. The zero-order valence-corrected chi connectivity index (χ0v) is 6.04. The largest absolute Gasteiger partial charge is 0.384 e. The highest BCUT2D eigenvalue weighted by atomic mass is 15.1. The van der Waals surface area contributed by atoms with Gasteiger partial charge in [-0.25, -0.2) is 4.98 Å². The zero-order valence-electron chi connectivity index (χ0n) is 6.04. The van der Waals surface area contributed by atoms with Gasteiger partial charge in [-0.15, -0.1) is 0 Å². The molecule has 0 aromatic carbocycles. The van der Waals surface area contributed by atoms with E-state index in [0.717, 1.165) is 11.6 Å². The Balaban J connectivity index is 2.40. The van der Waals surface area contributed by atoms with E-state index in [1.165, 1.54) is 12.8 Å². The molecule has 2 N–H and O–H groups in total. The molecule has 0 bridgehead atoms. The maximum Gasteiger partial charge on any atom is 0.123 e. The molecule has 0 saturated heterocycles. The van der Waals surface area contributed by atoms with Crippen molar-refractivity contribution in [2.45, 2.75) is 18.8 Å². The normalized spacial score (nSPS) is 17.7. The zero-order chi connectivity index (χ0) is 7.14. The van der Waals surface area contributed by atoms with Crippen molar-refractivity contribution in [2.24, 2.45) is 7.05 Å². The third-order valence-electron chi connectivity index (χ3n) is 2.00. The first kappa shape index (κ1) is 5.77. The smallest absolute Gasteiger partial charge is 0.123 e. The standard InChI is InChI=1S/C7H11N3/c1-10-6(8)4-9-7(10)5-2-3-5/h4-5H,2-3,8H2,1H3. The number of anilines is 1. The molecule has 0 aliphatic heterocycles. The highest BCUT2D eigenvalue weighted by Crippen LogP contribution is 2.39. The molecule has 0 radical (unpaired) electrons. The quantitative estimate of drug-likeness (QED) is 0.624. The van der Waals surface area contributed by atoms with Crippen LogP contribution in [0.25, 0.3) is 0 Å². The highest BCUT2D eigenvalue weighted by molar-refractivity contribution is 5.29. The van der Waals surface area contributed by atoms with E-state index in [0.29, 0.717) is 5.92 Å². The molecule has 1 aliphatic carbocycles. The predicted molar refractivity (Wildman–Crippen MR) is 39.6 cm³/mol. The molecule has 1 aliphatic rings. The van der Waals surface area contributed by atoms with Crippen molar-refractivity contribution in [3.05, 3.63) is 12.0 Å². The van der Waals surface area contributed by atoms with E-state index in [-0.39, 0.29) is 0 Å². The molecule has 54 valence electrons. The minimum atomic E-state index is 0.697. The molecule has 10 heavy (non-hydrogen) atoms. The minimum absolute atomic E-state index is 0.697. The van der Waals surface area contributed by atoms with Gasteiger partial charge in [-0.3, -0.25) is 0 Å². The Morgan fingerprint density at radius 2 is 2.40 bits per heavy atom. The van der Waals surface area contributed by atoms with Crippen molar-refractivity contribution in [3.8, 4) is 0 Å². The van der Waals surface area contributed by atoms with Crippen LogP contribution in [0.4, 0.5) is 5.82 Å². The van der Waals surface area contributed by atoms with E-state index in [2.05, 4.69) is 4.98 Å². The van der Waals surface area contributed by atoms with Crippen LogP contribution >= 0.6 is 0 Å². The summed E-state index contributed by atoms with van der Waals surface area (Å²) in [4.78, 5) is 4.22. The summed E-state index contributed by atoms with van der Waals surface area (Å²) in [7, 11) is 1.97. The Labute approximate surface area is 59.9 Å². The number of hydrogen-bond acceptors (Lipinski definition) is 2. The van der Waals surface area contributed by atoms with Crippen molar-refractivity contribution in [1.29, 1.82) is 0 Å². The van der Waals surface area contributed by atoms with Crippen molar-refractivity contribution >= 4 is 5.82 Å². The van der Waals surface area contributed by atoms with Gasteiger partial charge in [-0.05, 0) is 12.8 Å². The fraction of sp³-hybridized carbons (Fsp3) is 0.571. The van der Waals surface area contributed by atoms with Gasteiger partial charge in [0.2, 0.25) is 0 Å². The fourth-order valence-corrected chi connectivity index (χ4v) is 1.16. The molecule has 1 saturated carbocycles. The topological polar surface area (TPSA) is 43.8 Å². The van der Waals surface area contributed by atoms with E-state index < -0.39 is 0 Å². The van der Waals surface area contributed by atoms with Gasteiger partial charge in [0.05, 0.1) is 6.20 Å². The first-order chi connectivity index (χ1) is 4.79. The highest BCUT2D eigenvalue weighted by Gasteiger charge is 2.27. The number of rotatable bonds is 1. The molecule has 1 fully saturated rings. The summed E-state index contributed by atoms with van der Waals surface area (Å²) in [5.74, 6) is 2.61. The van der Waals surface area contributed by atoms with Crippen LogP contribution in [0.15, 0.2) is 6.20 Å². The number of nitrogens with two attached hydrogens (primary N) is 1. The predicted octanol–water partition coefficient (Wildman–Crippen LogP) is 0.880. The number of nitrogens with zero attached hydrogens (tertiary/aromatic N) is 2. The lowest BCUT2D eigenvalue weighted by Gasteiger charge is -1.98. The number of imidazole rings is 1. The molecular weight excluding hydrogens is 126 g/mol. The maximum absolute atomic E-state index is 5.61. The number of aromatic nitrogens is 2. The van der Waals surface area contributed by atoms with Crippen LogP contribution in [0.5, 0.6) is 0 Å². The van der Waals surface area contributed by atoms with Gasteiger partial charge in [0, 0.05) is 13.0 Å². The van der Waals surface area contributed by atoms with Crippen molar-refractivity contribution < 1.29 is 0 Å². The molecule has 0 spiro atoms. The summed E-state index contributed by atoms with van der Waals surface area (Å²) in [6.07, 6.45) is 4.29. The van der Waals surface area contributed by atoms with Crippen LogP contribution in [0.2, 0.25) is 0 Å². The monoisotopic (exact) mass is 137 g/mol. The van der Waals surface area contributed by atoms with Gasteiger partial charge in [0.25, 0.3) is 0 Å². The first-order valence-electron chi connectivity index (χ1n) is 3.56. The van der Waals surface area contributed by atoms with Crippen LogP contribution in [-0.2, 0) is 7.05 Å². The van der Waals surface area contributed by atoms with Crippen LogP contribution in [-0.4, -0.2) is 9.55 Å². The van der Waals surface area contributed by atoms with E-state index in [1.54, 1.807) is 6.20 Å². The van der Waals surface area contributed by atoms with Gasteiger partial charge in [-0.2, -0.15) is 0 Å². The van der Waals surface area contributed by atoms with Crippen LogP contribution in [0.1, 0.15) is 24.6 Å². The third-order valence-corrected chi connectivity index (χ3v) is 2.00. The second-order valence-electron chi connectivity index (χ2n) is 2.87.